The third kappa shape index (κ3) is 8.79. The first-order chi connectivity index (χ1) is 9.46. The lowest BCUT2D eigenvalue weighted by Crippen LogP contribution is -2.41. The summed E-state index contributed by atoms with van der Waals surface area (Å²) in [5.74, 6) is 0.557. The van der Waals surface area contributed by atoms with E-state index in [1.165, 1.54) is 12.8 Å². The highest BCUT2D eigenvalue weighted by Crippen LogP contribution is 2.16. The van der Waals surface area contributed by atoms with Crippen LogP contribution in [0.2, 0.25) is 0 Å². The molecule has 9 heteroatoms. The summed E-state index contributed by atoms with van der Waals surface area (Å²) in [4.78, 5) is 6.96. The van der Waals surface area contributed by atoms with Gasteiger partial charge in [0.2, 0.25) is 10.0 Å². The highest BCUT2D eigenvalue weighted by Gasteiger charge is 2.22. The Morgan fingerprint density at radius 1 is 1.38 bits per heavy atom. The molecule has 1 aliphatic rings. The van der Waals surface area contributed by atoms with E-state index in [1.807, 2.05) is 6.92 Å². The van der Waals surface area contributed by atoms with Gasteiger partial charge in [-0.25, -0.2) is 13.6 Å². The Hall–Kier alpha value is -0.130. The van der Waals surface area contributed by atoms with Gasteiger partial charge in [0, 0.05) is 19.1 Å². The van der Waals surface area contributed by atoms with Gasteiger partial charge in [0.05, 0.1) is 12.3 Å². The third-order valence-corrected chi connectivity index (χ3v) is 4.16. The minimum atomic E-state index is -3.43. The number of halogens is 1. The van der Waals surface area contributed by atoms with E-state index >= 15 is 0 Å². The van der Waals surface area contributed by atoms with Crippen LogP contribution in [0.15, 0.2) is 4.99 Å². The molecule has 4 N–H and O–H groups in total. The van der Waals surface area contributed by atoms with E-state index < -0.39 is 10.0 Å². The van der Waals surface area contributed by atoms with E-state index in [0.717, 1.165) is 26.2 Å². The van der Waals surface area contributed by atoms with Crippen LogP contribution < -0.4 is 15.8 Å². The Morgan fingerprint density at radius 3 is 2.67 bits per heavy atom. The van der Waals surface area contributed by atoms with E-state index in [0.29, 0.717) is 12.0 Å². The molecule has 1 saturated heterocycles. The van der Waals surface area contributed by atoms with Gasteiger partial charge in [-0.1, -0.05) is 6.92 Å². The van der Waals surface area contributed by atoms with Crippen molar-refractivity contribution >= 4 is 40.0 Å². The van der Waals surface area contributed by atoms with Gasteiger partial charge in [0.15, 0.2) is 5.96 Å². The maximum absolute atomic E-state index is 10.9. The minimum Gasteiger partial charge on any atom is -0.357 e. The van der Waals surface area contributed by atoms with E-state index in [4.69, 9.17) is 5.14 Å². The summed E-state index contributed by atoms with van der Waals surface area (Å²) in [6, 6.07) is 0.494. The Bertz CT molecular complexity index is 416. The fourth-order valence-corrected chi connectivity index (χ4v) is 2.75. The monoisotopic (exact) mass is 433 g/mol. The van der Waals surface area contributed by atoms with Crippen molar-refractivity contribution in [2.45, 2.75) is 32.7 Å². The molecular weight excluding hydrogens is 405 g/mol. The number of nitrogens with two attached hydrogens (primary N) is 1. The SMILES string of the molecule is CCNC(=NCC1CCCN1CC)NCCS(N)(=O)=O.I. The van der Waals surface area contributed by atoms with Crippen LogP contribution in [-0.2, 0) is 10.0 Å². The quantitative estimate of drug-likeness (QED) is 0.297. The zero-order chi connectivity index (χ0) is 15.0. The highest BCUT2D eigenvalue weighted by atomic mass is 127. The topological polar surface area (TPSA) is 99.8 Å². The van der Waals surface area contributed by atoms with Crippen molar-refractivity contribution in [1.82, 2.24) is 15.5 Å². The summed E-state index contributed by atoms with van der Waals surface area (Å²) in [7, 11) is -3.43. The van der Waals surface area contributed by atoms with Crippen LogP contribution in [0.5, 0.6) is 0 Å². The van der Waals surface area contributed by atoms with E-state index in [1.54, 1.807) is 0 Å². The molecular formula is C12H28IN5O2S. The molecule has 0 aliphatic carbocycles. The molecule has 21 heavy (non-hydrogen) atoms. The molecule has 0 aromatic heterocycles. The van der Waals surface area contributed by atoms with Crippen molar-refractivity contribution < 1.29 is 8.42 Å². The number of hydrogen-bond acceptors (Lipinski definition) is 4. The first-order valence-electron chi connectivity index (χ1n) is 7.23. The smallest absolute Gasteiger partial charge is 0.210 e. The molecule has 0 aromatic carbocycles. The van der Waals surface area contributed by atoms with Gasteiger partial charge in [-0.15, -0.1) is 24.0 Å². The number of sulfonamides is 1. The second-order valence-electron chi connectivity index (χ2n) is 4.94. The summed E-state index contributed by atoms with van der Waals surface area (Å²) >= 11 is 0. The Labute approximate surface area is 145 Å². The Morgan fingerprint density at radius 2 is 2.10 bits per heavy atom. The van der Waals surface area contributed by atoms with Crippen molar-refractivity contribution in [3.63, 3.8) is 0 Å². The second-order valence-corrected chi connectivity index (χ2v) is 6.67. The predicted octanol–water partition coefficient (Wildman–Crippen LogP) is -0.0677. The van der Waals surface area contributed by atoms with Crippen molar-refractivity contribution in [1.29, 1.82) is 0 Å². The van der Waals surface area contributed by atoms with Gasteiger partial charge in [-0.05, 0) is 32.9 Å². The molecule has 0 saturated carbocycles. The average molecular weight is 433 g/mol. The normalized spacial score (nSPS) is 20.1. The first-order valence-corrected chi connectivity index (χ1v) is 8.94. The average Bonchev–Trinajstić information content (AvgIpc) is 2.81. The molecule has 1 fully saturated rings. The maximum atomic E-state index is 10.9. The number of aliphatic imine (C=N–C) groups is 1. The number of hydrogen-bond donors (Lipinski definition) is 3. The van der Waals surface area contributed by atoms with Crippen molar-refractivity contribution in [2.24, 2.45) is 10.1 Å². The fraction of sp³-hybridized carbons (Fsp3) is 0.917. The molecule has 7 nitrogen and oxygen atoms in total. The van der Waals surface area contributed by atoms with Crippen LogP contribution in [0.1, 0.15) is 26.7 Å². The van der Waals surface area contributed by atoms with Gasteiger partial charge in [0.25, 0.3) is 0 Å². The van der Waals surface area contributed by atoms with Crippen LogP contribution in [0.4, 0.5) is 0 Å². The summed E-state index contributed by atoms with van der Waals surface area (Å²) < 4.78 is 21.8. The number of rotatable bonds is 7. The molecule has 0 amide bonds. The Kier molecular flexibility index (Phi) is 10.5. The molecule has 0 aromatic rings. The summed E-state index contributed by atoms with van der Waals surface area (Å²) in [5.41, 5.74) is 0. The number of likely N-dealkylation sites (N-methyl/N-ethyl adjacent to an activating group) is 1. The van der Waals surface area contributed by atoms with Gasteiger partial charge < -0.3 is 10.6 Å². The van der Waals surface area contributed by atoms with Crippen molar-refractivity contribution in [2.75, 3.05) is 38.5 Å². The van der Waals surface area contributed by atoms with Crippen molar-refractivity contribution in [3.05, 3.63) is 0 Å². The Balaban J connectivity index is 0.00000400. The third-order valence-electron chi connectivity index (χ3n) is 3.39. The molecule has 0 bridgehead atoms. The number of nitrogens with one attached hydrogen (secondary N) is 2. The number of likely N-dealkylation sites (tertiary alicyclic amines) is 1. The molecule has 1 unspecified atom stereocenters. The number of primary sulfonamides is 1. The fourth-order valence-electron chi connectivity index (χ4n) is 2.37. The second kappa shape index (κ2) is 10.6. The van der Waals surface area contributed by atoms with Crippen molar-refractivity contribution in [3.8, 4) is 0 Å². The van der Waals surface area contributed by atoms with Crippen LogP contribution in [-0.4, -0.2) is 63.8 Å². The molecule has 1 heterocycles. The molecule has 1 aliphatic heterocycles. The number of guanidine groups is 1. The summed E-state index contributed by atoms with van der Waals surface area (Å²) in [5, 5.41) is 11.1. The van der Waals surface area contributed by atoms with Gasteiger partial charge in [-0.2, -0.15) is 0 Å². The van der Waals surface area contributed by atoms with Gasteiger partial charge >= 0.3 is 0 Å². The van der Waals surface area contributed by atoms with Crippen LogP contribution >= 0.6 is 24.0 Å². The zero-order valence-corrected chi connectivity index (χ0v) is 16.0. The standard InChI is InChI=1S/C12H27N5O2S.HI/c1-3-14-12(15-7-9-20(13,18)19)16-10-11-6-5-8-17(11)4-2;/h11H,3-10H2,1-2H3,(H2,13,18,19)(H2,14,15,16);1H. The summed E-state index contributed by atoms with van der Waals surface area (Å²) in [6.07, 6.45) is 2.40. The van der Waals surface area contributed by atoms with E-state index in [9.17, 15) is 8.42 Å². The lowest BCUT2D eigenvalue weighted by molar-refractivity contribution is 0.273. The zero-order valence-electron chi connectivity index (χ0n) is 12.8. The minimum absolute atomic E-state index is 0. The predicted molar refractivity (Wildman–Crippen MR) is 97.6 cm³/mol. The molecule has 0 spiro atoms. The molecule has 1 atom stereocenters. The van der Waals surface area contributed by atoms with E-state index in [2.05, 4.69) is 27.4 Å². The molecule has 1 rings (SSSR count). The molecule has 0 radical (unpaired) electrons. The van der Waals surface area contributed by atoms with Crippen LogP contribution in [0, 0.1) is 0 Å². The summed E-state index contributed by atoms with van der Waals surface area (Å²) in [6.45, 7) is 8.08. The lowest BCUT2D eigenvalue weighted by Gasteiger charge is -2.21. The van der Waals surface area contributed by atoms with Gasteiger partial charge in [0.1, 0.15) is 0 Å². The number of nitrogens with zero attached hydrogens (tertiary/aromatic N) is 2. The lowest BCUT2D eigenvalue weighted by atomic mass is 10.2. The van der Waals surface area contributed by atoms with Crippen LogP contribution in [0.3, 0.4) is 0 Å². The maximum Gasteiger partial charge on any atom is 0.210 e. The van der Waals surface area contributed by atoms with Gasteiger partial charge in [-0.3, -0.25) is 9.89 Å². The molecule has 126 valence electrons. The van der Waals surface area contributed by atoms with Crippen LogP contribution in [0.25, 0.3) is 0 Å². The largest absolute Gasteiger partial charge is 0.357 e. The highest BCUT2D eigenvalue weighted by molar-refractivity contribution is 14.0. The first kappa shape index (κ1) is 20.9. The van der Waals surface area contributed by atoms with E-state index in [-0.39, 0.29) is 36.3 Å².